The summed E-state index contributed by atoms with van der Waals surface area (Å²) in [4.78, 5) is 0. The van der Waals surface area contributed by atoms with E-state index in [9.17, 15) is 0 Å². The van der Waals surface area contributed by atoms with Crippen molar-refractivity contribution in [1.82, 2.24) is 0 Å². The molecule has 0 spiro atoms. The fourth-order valence-electron chi connectivity index (χ4n) is 1.31. The van der Waals surface area contributed by atoms with Crippen LogP contribution in [0.5, 0.6) is 0 Å². The first kappa shape index (κ1) is 6.60. The van der Waals surface area contributed by atoms with Crippen LogP contribution in [0, 0.1) is 11.3 Å². The van der Waals surface area contributed by atoms with Gasteiger partial charge in [0.2, 0.25) is 0 Å². The van der Waals surface area contributed by atoms with E-state index in [0.29, 0.717) is 5.92 Å². The molecule has 1 rings (SSSR count). The Morgan fingerprint density at radius 1 is 1.78 bits per heavy atom. The van der Waals surface area contributed by atoms with Gasteiger partial charge in [0.05, 0.1) is 6.61 Å². The first-order chi connectivity index (χ1) is 4.14. The fraction of sp³-hybridized carbons (Fsp3) is 0.625. The van der Waals surface area contributed by atoms with Crippen LogP contribution in [0.25, 0.3) is 0 Å². The van der Waals surface area contributed by atoms with Crippen LogP contribution in [0.2, 0.25) is 0 Å². The largest absolute Gasteiger partial charge is 0.396 e. The molecule has 1 fully saturated rings. The SMILES string of the molecule is C=C=C1C(CO)C1(C)C. The molecule has 0 aliphatic heterocycles. The highest BCUT2D eigenvalue weighted by Gasteiger charge is 2.51. The highest BCUT2D eigenvalue weighted by Crippen LogP contribution is 2.56. The molecule has 1 aliphatic carbocycles. The maximum atomic E-state index is 8.75. The van der Waals surface area contributed by atoms with E-state index < -0.39 is 0 Å². The van der Waals surface area contributed by atoms with Gasteiger partial charge < -0.3 is 5.11 Å². The molecule has 0 amide bonds. The van der Waals surface area contributed by atoms with Gasteiger partial charge in [0.1, 0.15) is 0 Å². The summed E-state index contributed by atoms with van der Waals surface area (Å²) in [6.45, 7) is 7.98. The minimum absolute atomic E-state index is 0.177. The van der Waals surface area contributed by atoms with Crippen LogP contribution in [-0.2, 0) is 0 Å². The van der Waals surface area contributed by atoms with E-state index in [4.69, 9.17) is 5.11 Å². The second-order valence-electron chi connectivity index (χ2n) is 3.05. The average Bonchev–Trinajstić information content (AvgIpc) is 2.32. The van der Waals surface area contributed by atoms with Crippen LogP contribution in [0.3, 0.4) is 0 Å². The van der Waals surface area contributed by atoms with Crippen molar-refractivity contribution in [2.45, 2.75) is 13.8 Å². The zero-order valence-corrected chi connectivity index (χ0v) is 5.94. The summed E-state index contributed by atoms with van der Waals surface area (Å²) in [7, 11) is 0. The highest BCUT2D eigenvalue weighted by atomic mass is 16.3. The summed E-state index contributed by atoms with van der Waals surface area (Å²) >= 11 is 0. The van der Waals surface area contributed by atoms with Gasteiger partial charge in [0.25, 0.3) is 0 Å². The second-order valence-corrected chi connectivity index (χ2v) is 3.05. The predicted octanol–water partition coefficient (Wildman–Crippen LogP) is 1.35. The van der Waals surface area contributed by atoms with Crippen molar-refractivity contribution in [3.8, 4) is 0 Å². The number of hydrogen-bond donors (Lipinski definition) is 1. The summed E-state index contributed by atoms with van der Waals surface area (Å²) in [6.07, 6.45) is 0. The molecule has 1 nitrogen and oxygen atoms in total. The zero-order chi connectivity index (χ0) is 7.07. The second kappa shape index (κ2) is 1.73. The van der Waals surface area contributed by atoms with E-state index in [2.05, 4.69) is 26.2 Å². The molecule has 1 heteroatoms. The van der Waals surface area contributed by atoms with Crippen LogP contribution in [-0.4, -0.2) is 11.7 Å². The maximum Gasteiger partial charge on any atom is 0.0511 e. The van der Waals surface area contributed by atoms with Gasteiger partial charge in [-0.05, 0) is 5.57 Å². The first-order valence-electron chi connectivity index (χ1n) is 3.16. The minimum atomic E-state index is 0.177. The lowest BCUT2D eigenvalue weighted by molar-refractivity contribution is 0.259. The van der Waals surface area contributed by atoms with Gasteiger partial charge in [-0.2, -0.15) is 0 Å². The molecule has 0 bridgehead atoms. The van der Waals surface area contributed by atoms with Crippen LogP contribution in [0.1, 0.15) is 13.8 Å². The van der Waals surface area contributed by atoms with Crippen molar-refractivity contribution in [2.75, 3.05) is 6.61 Å². The molecule has 50 valence electrons. The normalized spacial score (nSPS) is 29.7. The number of hydrogen-bond acceptors (Lipinski definition) is 1. The molecule has 0 aromatic carbocycles. The molecule has 0 aromatic rings. The van der Waals surface area contributed by atoms with Gasteiger partial charge in [-0.1, -0.05) is 20.4 Å². The van der Waals surface area contributed by atoms with Crippen molar-refractivity contribution in [1.29, 1.82) is 0 Å². The third kappa shape index (κ3) is 0.735. The molecule has 0 radical (unpaired) electrons. The molecule has 1 unspecified atom stereocenters. The monoisotopic (exact) mass is 124 g/mol. The van der Waals surface area contributed by atoms with Crippen molar-refractivity contribution < 1.29 is 5.11 Å². The molecule has 1 saturated carbocycles. The molecule has 0 saturated heterocycles. The summed E-state index contributed by atoms with van der Waals surface area (Å²) in [6, 6.07) is 0. The van der Waals surface area contributed by atoms with Crippen LogP contribution in [0.15, 0.2) is 17.9 Å². The number of aliphatic hydroxyl groups is 1. The summed E-state index contributed by atoms with van der Waals surface area (Å²) in [5, 5.41) is 8.75. The van der Waals surface area contributed by atoms with E-state index in [1.165, 1.54) is 5.57 Å². The molecule has 0 heterocycles. The lowest BCUT2D eigenvalue weighted by Gasteiger charge is -1.93. The van der Waals surface area contributed by atoms with Crippen LogP contribution < -0.4 is 0 Å². The van der Waals surface area contributed by atoms with E-state index >= 15 is 0 Å². The Bertz CT molecular complexity index is 173. The van der Waals surface area contributed by atoms with Crippen LogP contribution >= 0.6 is 0 Å². The Labute approximate surface area is 55.7 Å². The molecule has 1 aliphatic rings. The van der Waals surface area contributed by atoms with E-state index in [-0.39, 0.29) is 12.0 Å². The molecule has 9 heavy (non-hydrogen) atoms. The van der Waals surface area contributed by atoms with Crippen molar-refractivity contribution in [3.05, 3.63) is 17.9 Å². The van der Waals surface area contributed by atoms with Gasteiger partial charge in [0.15, 0.2) is 0 Å². The smallest absolute Gasteiger partial charge is 0.0511 e. The van der Waals surface area contributed by atoms with Crippen molar-refractivity contribution in [3.63, 3.8) is 0 Å². The first-order valence-corrected chi connectivity index (χ1v) is 3.16. The Morgan fingerprint density at radius 3 is 2.44 bits per heavy atom. The van der Waals surface area contributed by atoms with Gasteiger partial charge in [0, 0.05) is 11.3 Å². The Balaban J connectivity index is 2.78. The molecule has 1 atom stereocenters. The number of rotatable bonds is 1. The van der Waals surface area contributed by atoms with E-state index in [0.717, 1.165) is 0 Å². The van der Waals surface area contributed by atoms with Crippen LogP contribution in [0.4, 0.5) is 0 Å². The van der Waals surface area contributed by atoms with Crippen molar-refractivity contribution >= 4 is 0 Å². The Kier molecular flexibility index (Phi) is 1.27. The van der Waals surface area contributed by atoms with Gasteiger partial charge in [-0.25, -0.2) is 0 Å². The Morgan fingerprint density at radius 2 is 2.33 bits per heavy atom. The highest BCUT2D eigenvalue weighted by molar-refractivity contribution is 5.34. The third-order valence-electron chi connectivity index (χ3n) is 2.20. The molecular weight excluding hydrogens is 112 g/mol. The quantitative estimate of drug-likeness (QED) is 0.523. The lowest BCUT2D eigenvalue weighted by atomic mass is 10.1. The molecule has 1 N–H and O–H groups in total. The maximum absolute atomic E-state index is 8.75. The summed E-state index contributed by atoms with van der Waals surface area (Å²) in [5.41, 5.74) is 4.19. The third-order valence-corrected chi connectivity index (χ3v) is 2.20. The minimum Gasteiger partial charge on any atom is -0.396 e. The number of aliphatic hydroxyl groups excluding tert-OH is 1. The van der Waals surface area contributed by atoms with E-state index in [1.54, 1.807) is 0 Å². The van der Waals surface area contributed by atoms with Crippen molar-refractivity contribution in [2.24, 2.45) is 11.3 Å². The van der Waals surface area contributed by atoms with Gasteiger partial charge in [-0.3, -0.25) is 0 Å². The van der Waals surface area contributed by atoms with Gasteiger partial charge in [-0.15, -0.1) is 5.73 Å². The fourth-order valence-corrected chi connectivity index (χ4v) is 1.31. The standard InChI is InChI=1S/C8H12O/c1-4-6-7(5-9)8(6,2)3/h7,9H,1,5H2,2-3H3. The average molecular weight is 124 g/mol. The predicted molar refractivity (Wildman–Crippen MR) is 37.0 cm³/mol. The van der Waals surface area contributed by atoms with Gasteiger partial charge >= 0.3 is 0 Å². The summed E-state index contributed by atoms with van der Waals surface area (Å²) in [5.74, 6) is 0.329. The molecular formula is C8H12O. The molecule has 0 aromatic heterocycles. The summed E-state index contributed by atoms with van der Waals surface area (Å²) < 4.78 is 0. The Hall–Kier alpha value is -0.520. The van der Waals surface area contributed by atoms with E-state index in [1.807, 2.05) is 0 Å². The zero-order valence-electron chi connectivity index (χ0n) is 5.94. The topological polar surface area (TPSA) is 20.2 Å². The lowest BCUT2D eigenvalue weighted by Crippen LogP contribution is -1.93.